The van der Waals surface area contributed by atoms with E-state index in [1.54, 1.807) is 19.1 Å². The molecule has 0 saturated carbocycles. The average Bonchev–Trinajstić information content (AvgIpc) is 2.37. The summed E-state index contributed by atoms with van der Waals surface area (Å²) in [5, 5.41) is 16.5. The summed E-state index contributed by atoms with van der Waals surface area (Å²) in [5.74, 6) is -0.112. The van der Waals surface area contributed by atoms with Crippen LogP contribution in [0.5, 0.6) is 0 Å². The van der Waals surface area contributed by atoms with Crippen molar-refractivity contribution >= 4 is 11.6 Å². The van der Waals surface area contributed by atoms with Gasteiger partial charge in [0.15, 0.2) is 0 Å². The summed E-state index contributed by atoms with van der Waals surface area (Å²) in [4.78, 5) is 21.9. The molecule has 0 spiro atoms. The van der Waals surface area contributed by atoms with Crippen LogP contribution in [0.15, 0.2) is 18.2 Å². The van der Waals surface area contributed by atoms with Crippen molar-refractivity contribution in [2.45, 2.75) is 26.8 Å². The van der Waals surface area contributed by atoms with E-state index in [0.29, 0.717) is 12.1 Å². The first-order chi connectivity index (χ1) is 9.06. The van der Waals surface area contributed by atoms with Crippen LogP contribution in [0.3, 0.4) is 0 Å². The molecular weight excluding hydrogens is 246 g/mol. The predicted octanol–water partition coefficient (Wildman–Crippen LogP) is 1.52. The van der Waals surface area contributed by atoms with E-state index in [-0.39, 0.29) is 18.1 Å². The minimum absolute atomic E-state index is 0.0795. The third-order valence-corrected chi connectivity index (χ3v) is 2.80. The Labute approximate surface area is 112 Å². The van der Waals surface area contributed by atoms with Crippen LogP contribution in [0.2, 0.25) is 0 Å². The second-order valence-electron chi connectivity index (χ2n) is 4.27. The average molecular weight is 265 g/mol. The zero-order valence-electron chi connectivity index (χ0n) is 11.2. The molecule has 104 valence electrons. The fourth-order valence-electron chi connectivity index (χ4n) is 1.69. The minimum Gasteiger partial charge on any atom is -0.351 e. The second-order valence-corrected chi connectivity index (χ2v) is 4.27. The molecular formula is C13H19N3O3. The van der Waals surface area contributed by atoms with Crippen molar-refractivity contribution in [2.75, 3.05) is 13.1 Å². The molecule has 19 heavy (non-hydrogen) atoms. The maximum atomic E-state index is 11.5. The maximum Gasteiger partial charge on any atom is 0.272 e. The molecule has 0 bridgehead atoms. The number of rotatable bonds is 7. The molecule has 2 N–H and O–H groups in total. The molecule has 1 aromatic carbocycles. The summed E-state index contributed by atoms with van der Waals surface area (Å²) in [6, 6.07) is 4.87. The lowest BCUT2D eigenvalue weighted by Crippen LogP contribution is -2.33. The molecule has 1 amide bonds. The van der Waals surface area contributed by atoms with Crippen LogP contribution in [0.1, 0.15) is 24.5 Å². The van der Waals surface area contributed by atoms with Crippen molar-refractivity contribution < 1.29 is 9.72 Å². The Morgan fingerprint density at radius 3 is 2.79 bits per heavy atom. The number of benzene rings is 1. The van der Waals surface area contributed by atoms with E-state index in [1.165, 1.54) is 6.07 Å². The second kappa shape index (κ2) is 7.48. The fourth-order valence-corrected chi connectivity index (χ4v) is 1.69. The number of carbonyl (C=O) groups excluding carboxylic acids is 1. The van der Waals surface area contributed by atoms with Crippen LogP contribution in [-0.2, 0) is 11.3 Å². The predicted molar refractivity (Wildman–Crippen MR) is 72.8 cm³/mol. The molecule has 6 heteroatoms. The van der Waals surface area contributed by atoms with Crippen LogP contribution in [-0.4, -0.2) is 23.9 Å². The largest absolute Gasteiger partial charge is 0.351 e. The van der Waals surface area contributed by atoms with E-state index in [0.717, 1.165) is 18.5 Å². The van der Waals surface area contributed by atoms with Gasteiger partial charge in [-0.15, -0.1) is 0 Å². The Morgan fingerprint density at radius 1 is 1.42 bits per heavy atom. The number of nitrogens with one attached hydrogen (secondary N) is 2. The van der Waals surface area contributed by atoms with E-state index < -0.39 is 4.92 Å². The highest BCUT2D eigenvalue weighted by atomic mass is 16.6. The monoisotopic (exact) mass is 265 g/mol. The van der Waals surface area contributed by atoms with E-state index in [9.17, 15) is 14.9 Å². The van der Waals surface area contributed by atoms with Gasteiger partial charge in [-0.3, -0.25) is 14.9 Å². The van der Waals surface area contributed by atoms with Gasteiger partial charge in [-0.05, 0) is 25.5 Å². The van der Waals surface area contributed by atoms with Gasteiger partial charge in [-0.1, -0.05) is 19.1 Å². The van der Waals surface area contributed by atoms with Gasteiger partial charge in [0, 0.05) is 18.2 Å². The third kappa shape index (κ3) is 4.67. The Hall–Kier alpha value is -1.95. The number of carbonyl (C=O) groups is 1. The number of hydrogen-bond donors (Lipinski definition) is 2. The van der Waals surface area contributed by atoms with Gasteiger partial charge in [0.1, 0.15) is 0 Å². The lowest BCUT2D eigenvalue weighted by molar-refractivity contribution is -0.385. The van der Waals surface area contributed by atoms with E-state index in [2.05, 4.69) is 10.6 Å². The lowest BCUT2D eigenvalue weighted by atomic mass is 10.1. The molecule has 0 saturated heterocycles. The summed E-state index contributed by atoms with van der Waals surface area (Å²) < 4.78 is 0. The maximum absolute atomic E-state index is 11.5. The summed E-state index contributed by atoms with van der Waals surface area (Å²) in [6.45, 7) is 5.08. The van der Waals surface area contributed by atoms with Crippen molar-refractivity contribution in [3.63, 3.8) is 0 Å². The fraction of sp³-hybridized carbons (Fsp3) is 0.462. The first-order valence-corrected chi connectivity index (χ1v) is 6.26. The highest BCUT2D eigenvalue weighted by molar-refractivity contribution is 5.78. The lowest BCUT2D eigenvalue weighted by Gasteiger charge is -2.08. The zero-order valence-corrected chi connectivity index (χ0v) is 11.2. The molecule has 0 unspecified atom stereocenters. The third-order valence-electron chi connectivity index (χ3n) is 2.80. The van der Waals surface area contributed by atoms with Crippen LogP contribution in [0, 0.1) is 17.0 Å². The minimum atomic E-state index is -0.413. The van der Waals surface area contributed by atoms with Gasteiger partial charge in [-0.2, -0.15) is 0 Å². The molecule has 1 rings (SSSR count). The first-order valence-electron chi connectivity index (χ1n) is 6.26. The number of nitro groups is 1. The SMILES string of the molecule is CCCNCC(=O)NCc1cccc([N+](=O)[O-])c1C. The van der Waals surface area contributed by atoms with E-state index in [4.69, 9.17) is 0 Å². The summed E-state index contributed by atoms with van der Waals surface area (Å²) in [7, 11) is 0. The smallest absolute Gasteiger partial charge is 0.272 e. The Kier molecular flexibility index (Phi) is 5.95. The number of amides is 1. The Bertz CT molecular complexity index is 460. The number of hydrogen-bond acceptors (Lipinski definition) is 4. The van der Waals surface area contributed by atoms with Crippen LogP contribution < -0.4 is 10.6 Å². The molecule has 0 aliphatic heterocycles. The van der Waals surface area contributed by atoms with Crippen LogP contribution in [0.25, 0.3) is 0 Å². The van der Waals surface area contributed by atoms with Crippen molar-refractivity contribution in [2.24, 2.45) is 0 Å². The van der Waals surface area contributed by atoms with Gasteiger partial charge < -0.3 is 10.6 Å². The summed E-state index contributed by atoms with van der Waals surface area (Å²) >= 11 is 0. The molecule has 0 aromatic heterocycles. The molecule has 1 aromatic rings. The van der Waals surface area contributed by atoms with Gasteiger partial charge >= 0.3 is 0 Å². The Balaban J connectivity index is 2.56. The topological polar surface area (TPSA) is 84.3 Å². The molecule has 0 fully saturated rings. The molecule has 0 radical (unpaired) electrons. The van der Waals surface area contributed by atoms with Gasteiger partial charge in [0.25, 0.3) is 5.69 Å². The van der Waals surface area contributed by atoms with Crippen LogP contribution in [0.4, 0.5) is 5.69 Å². The van der Waals surface area contributed by atoms with Crippen molar-refractivity contribution in [1.29, 1.82) is 0 Å². The summed E-state index contributed by atoms with van der Waals surface area (Å²) in [5.41, 5.74) is 1.43. The van der Waals surface area contributed by atoms with Crippen LogP contribution >= 0.6 is 0 Å². The standard InChI is InChI=1S/C13H19N3O3/c1-3-7-14-9-13(17)15-8-11-5-4-6-12(10(11)2)16(18)19/h4-6,14H,3,7-9H2,1-2H3,(H,15,17). The quantitative estimate of drug-likeness (QED) is 0.445. The molecule has 0 aliphatic carbocycles. The molecule has 0 heterocycles. The van der Waals surface area contributed by atoms with Crippen molar-refractivity contribution in [3.8, 4) is 0 Å². The molecule has 6 nitrogen and oxygen atoms in total. The van der Waals surface area contributed by atoms with E-state index in [1.807, 2.05) is 6.92 Å². The first kappa shape index (κ1) is 15.1. The van der Waals surface area contributed by atoms with Gasteiger partial charge in [0.05, 0.1) is 11.5 Å². The van der Waals surface area contributed by atoms with E-state index >= 15 is 0 Å². The highest BCUT2D eigenvalue weighted by Gasteiger charge is 2.13. The normalized spacial score (nSPS) is 10.2. The number of nitrogens with zero attached hydrogens (tertiary/aromatic N) is 1. The van der Waals surface area contributed by atoms with Gasteiger partial charge in [0.2, 0.25) is 5.91 Å². The van der Waals surface area contributed by atoms with Crippen molar-refractivity contribution in [3.05, 3.63) is 39.4 Å². The van der Waals surface area contributed by atoms with Gasteiger partial charge in [-0.25, -0.2) is 0 Å². The zero-order chi connectivity index (χ0) is 14.3. The highest BCUT2D eigenvalue weighted by Crippen LogP contribution is 2.20. The molecule has 0 aliphatic rings. The van der Waals surface area contributed by atoms with Crippen molar-refractivity contribution in [1.82, 2.24) is 10.6 Å². The number of nitro benzene ring substituents is 1. The molecule has 0 atom stereocenters. The Morgan fingerprint density at radius 2 is 2.16 bits per heavy atom. The summed E-state index contributed by atoms with van der Waals surface area (Å²) in [6.07, 6.45) is 0.970.